The van der Waals surface area contributed by atoms with E-state index < -0.39 is 0 Å². The average Bonchev–Trinajstić information content (AvgIpc) is 2.94. The molecule has 0 aliphatic rings. The number of benzene rings is 1. The summed E-state index contributed by atoms with van der Waals surface area (Å²) >= 11 is 0. The lowest BCUT2D eigenvalue weighted by molar-refractivity contribution is -0.118. The molecule has 0 unspecified atom stereocenters. The van der Waals surface area contributed by atoms with Gasteiger partial charge < -0.3 is 9.47 Å². The fourth-order valence-corrected chi connectivity index (χ4v) is 2.29. The molecule has 0 spiro atoms. The minimum atomic E-state index is 0.675. The summed E-state index contributed by atoms with van der Waals surface area (Å²) in [7, 11) is 0. The van der Waals surface area contributed by atoms with Gasteiger partial charge in [-0.05, 0) is 12.0 Å². The van der Waals surface area contributed by atoms with Gasteiger partial charge in [-0.1, -0.05) is 37.3 Å². The standard InChI is InChI=1S/C16H21N3O/c1-2-16-17-9-12-19(16)11-6-10-18(14-20)13-15-7-4-3-5-8-15/h3-5,7-9,12,14H,2,6,10-11,13H2,1H3. The maximum absolute atomic E-state index is 11.1. The second-order valence-corrected chi connectivity index (χ2v) is 4.81. The molecule has 1 aromatic carbocycles. The molecule has 2 rings (SSSR count). The Morgan fingerprint density at radius 3 is 2.80 bits per heavy atom. The molecule has 0 aliphatic carbocycles. The zero-order valence-electron chi connectivity index (χ0n) is 11.9. The molecule has 0 saturated heterocycles. The number of nitrogens with zero attached hydrogens (tertiary/aromatic N) is 3. The highest BCUT2D eigenvalue weighted by atomic mass is 16.1. The summed E-state index contributed by atoms with van der Waals surface area (Å²) in [4.78, 5) is 17.2. The van der Waals surface area contributed by atoms with Crippen LogP contribution < -0.4 is 0 Å². The first-order valence-electron chi connectivity index (χ1n) is 7.06. The van der Waals surface area contributed by atoms with Gasteiger partial charge in [0.15, 0.2) is 0 Å². The molecule has 1 heterocycles. The summed E-state index contributed by atoms with van der Waals surface area (Å²) in [6, 6.07) is 10.1. The number of amides is 1. The van der Waals surface area contributed by atoms with Crippen LogP contribution in [-0.4, -0.2) is 27.4 Å². The average molecular weight is 271 g/mol. The fourth-order valence-electron chi connectivity index (χ4n) is 2.29. The van der Waals surface area contributed by atoms with Crippen LogP contribution in [-0.2, 0) is 24.3 Å². The highest BCUT2D eigenvalue weighted by molar-refractivity contribution is 5.47. The van der Waals surface area contributed by atoms with E-state index in [0.717, 1.165) is 43.7 Å². The predicted octanol–water partition coefficient (Wildman–Crippen LogP) is 2.49. The third kappa shape index (κ3) is 3.95. The lowest BCUT2D eigenvalue weighted by Crippen LogP contribution is -2.23. The third-order valence-electron chi connectivity index (χ3n) is 3.34. The Bertz CT molecular complexity index is 522. The Morgan fingerprint density at radius 2 is 2.10 bits per heavy atom. The summed E-state index contributed by atoms with van der Waals surface area (Å²) in [5, 5.41) is 0. The largest absolute Gasteiger partial charge is 0.341 e. The van der Waals surface area contributed by atoms with Gasteiger partial charge in [-0.2, -0.15) is 0 Å². The summed E-state index contributed by atoms with van der Waals surface area (Å²) in [5.41, 5.74) is 1.16. The van der Waals surface area contributed by atoms with E-state index in [1.807, 2.05) is 47.6 Å². The Labute approximate surface area is 120 Å². The summed E-state index contributed by atoms with van der Waals surface area (Å²) in [6.45, 7) is 4.45. The molecule has 0 aliphatic heterocycles. The quantitative estimate of drug-likeness (QED) is 0.692. The summed E-state index contributed by atoms with van der Waals surface area (Å²) < 4.78 is 2.16. The Kier molecular flexibility index (Phi) is 5.35. The molecule has 4 nitrogen and oxygen atoms in total. The molecule has 0 N–H and O–H groups in total. The molecule has 20 heavy (non-hydrogen) atoms. The predicted molar refractivity (Wildman–Crippen MR) is 79.1 cm³/mol. The molecule has 4 heteroatoms. The lowest BCUT2D eigenvalue weighted by Gasteiger charge is -2.17. The molecule has 0 bridgehead atoms. The van der Waals surface area contributed by atoms with Gasteiger partial charge in [0.25, 0.3) is 0 Å². The van der Waals surface area contributed by atoms with Crippen molar-refractivity contribution in [3.63, 3.8) is 0 Å². The fraction of sp³-hybridized carbons (Fsp3) is 0.375. The van der Waals surface area contributed by atoms with Crippen LogP contribution in [0.4, 0.5) is 0 Å². The number of carbonyl (C=O) groups is 1. The minimum absolute atomic E-state index is 0.675. The van der Waals surface area contributed by atoms with Crippen molar-refractivity contribution in [1.29, 1.82) is 0 Å². The van der Waals surface area contributed by atoms with Gasteiger partial charge in [0, 0.05) is 38.4 Å². The molecule has 0 radical (unpaired) electrons. The Hall–Kier alpha value is -2.10. The van der Waals surface area contributed by atoms with E-state index in [-0.39, 0.29) is 0 Å². The van der Waals surface area contributed by atoms with Crippen molar-refractivity contribution in [3.05, 3.63) is 54.1 Å². The van der Waals surface area contributed by atoms with Crippen LogP contribution in [0.3, 0.4) is 0 Å². The van der Waals surface area contributed by atoms with E-state index in [0.29, 0.717) is 6.54 Å². The maximum Gasteiger partial charge on any atom is 0.210 e. The highest BCUT2D eigenvalue weighted by Crippen LogP contribution is 2.05. The zero-order valence-corrected chi connectivity index (χ0v) is 11.9. The molecule has 1 amide bonds. The molecular weight excluding hydrogens is 250 g/mol. The van der Waals surface area contributed by atoms with Crippen LogP contribution in [0.25, 0.3) is 0 Å². The number of aromatic nitrogens is 2. The van der Waals surface area contributed by atoms with E-state index >= 15 is 0 Å². The first kappa shape index (κ1) is 14.3. The monoisotopic (exact) mass is 271 g/mol. The maximum atomic E-state index is 11.1. The van der Waals surface area contributed by atoms with Crippen LogP contribution in [0.1, 0.15) is 24.7 Å². The van der Waals surface area contributed by atoms with Crippen molar-refractivity contribution < 1.29 is 4.79 Å². The third-order valence-corrected chi connectivity index (χ3v) is 3.34. The van der Waals surface area contributed by atoms with Crippen molar-refractivity contribution >= 4 is 6.41 Å². The van der Waals surface area contributed by atoms with Gasteiger partial charge in [-0.25, -0.2) is 4.98 Å². The first-order chi connectivity index (χ1) is 9.83. The van der Waals surface area contributed by atoms with Crippen molar-refractivity contribution in [1.82, 2.24) is 14.5 Å². The van der Waals surface area contributed by atoms with Gasteiger partial charge in [-0.15, -0.1) is 0 Å². The van der Waals surface area contributed by atoms with Crippen molar-refractivity contribution in [2.24, 2.45) is 0 Å². The summed E-state index contributed by atoms with van der Waals surface area (Å²) in [5.74, 6) is 1.10. The van der Waals surface area contributed by atoms with Crippen LogP contribution in [0.2, 0.25) is 0 Å². The number of aryl methyl sites for hydroxylation is 2. The molecule has 106 valence electrons. The van der Waals surface area contributed by atoms with Crippen LogP contribution in [0, 0.1) is 0 Å². The molecule has 1 aromatic heterocycles. The molecule has 0 saturated carbocycles. The van der Waals surface area contributed by atoms with Crippen LogP contribution in [0.5, 0.6) is 0 Å². The number of hydrogen-bond acceptors (Lipinski definition) is 2. The van der Waals surface area contributed by atoms with Gasteiger partial charge in [0.1, 0.15) is 5.82 Å². The van der Waals surface area contributed by atoms with Crippen molar-refractivity contribution in [2.75, 3.05) is 6.54 Å². The van der Waals surface area contributed by atoms with Gasteiger partial charge in [0.05, 0.1) is 0 Å². The zero-order chi connectivity index (χ0) is 14.2. The lowest BCUT2D eigenvalue weighted by atomic mass is 10.2. The van der Waals surface area contributed by atoms with Crippen molar-refractivity contribution in [3.8, 4) is 0 Å². The van der Waals surface area contributed by atoms with E-state index in [1.54, 1.807) is 0 Å². The number of imidazole rings is 1. The second kappa shape index (κ2) is 7.48. The van der Waals surface area contributed by atoms with Crippen LogP contribution >= 0.6 is 0 Å². The number of hydrogen-bond donors (Lipinski definition) is 0. The Balaban J connectivity index is 1.81. The van der Waals surface area contributed by atoms with Crippen LogP contribution in [0.15, 0.2) is 42.7 Å². The van der Waals surface area contributed by atoms with E-state index in [1.165, 1.54) is 0 Å². The van der Waals surface area contributed by atoms with E-state index in [4.69, 9.17) is 0 Å². The van der Waals surface area contributed by atoms with Gasteiger partial charge in [0.2, 0.25) is 6.41 Å². The molecule has 0 atom stereocenters. The minimum Gasteiger partial charge on any atom is -0.341 e. The number of rotatable bonds is 8. The van der Waals surface area contributed by atoms with Crippen molar-refractivity contribution in [2.45, 2.75) is 32.9 Å². The Morgan fingerprint density at radius 1 is 1.30 bits per heavy atom. The highest BCUT2D eigenvalue weighted by Gasteiger charge is 2.04. The van der Waals surface area contributed by atoms with Gasteiger partial charge >= 0.3 is 0 Å². The molecule has 0 fully saturated rings. The second-order valence-electron chi connectivity index (χ2n) is 4.81. The molecule has 2 aromatic rings. The normalized spacial score (nSPS) is 10.4. The van der Waals surface area contributed by atoms with E-state index in [9.17, 15) is 4.79 Å². The first-order valence-corrected chi connectivity index (χ1v) is 7.06. The van der Waals surface area contributed by atoms with E-state index in [2.05, 4.69) is 16.5 Å². The summed E-state index contributed by atoms with van der Waals surface area (Å²) in [6.07, 6.45) is 6.65. The topological polar surface area (TPSA) is 38.1 Å². The number of carbonyl (C=O) groups excluding carboxylic acids is 1. The van der Waals surface area contributed by atoms with Gasteiger partial charge in [-0.3, -0.25) is 4.79 Å². The molecular formula is C16H21N3O. The smallest absolute Gasteiger partial charge is 0.210 e. The SMILES string of the molecule is CCc1nccn1CCCN(C=O)Cc1ccccc1.